The van der Waals surface area contributed by atoms with Crippen molar-refractivity contribution in [2.24, 2.45) is 0 Å². The molecule has 82 valence electrons. The van der Waals surface area contributed by atoms with Crippen molar-refractivity contribution in [2.75, 3.05) is 6.61 Å². The van der Waals surface area contributed by atoms with E-state index in [9.17, 15) is 4.79 Å². The number of thiophene rings is 1. The minimum atomic E-state index is -0.348. The first-order chi connectivity index (χ1) is 7.36. The molecule has 0 aromatic carbocycles. The maximum Gasteiger partial charge on any atom is 0.367 e. The molecular weight excluding hydrogens is 214 g/mol. The van der Waals surface area contributed by atoms with Crippen LogP contribution in [-0.4, -0.2) is 18.8 Å². The van der Waals surface area contributed by atoms with Crippen LogP contribution >= 0.6 is 11.3 Å². The minimum absolute atomic E-state index is 0.150. The second-order valence-electron chi connectivity index (χ2n) is 3.34. The van der Waals surface area contributed by atoms with E-state index in [1.54, 1.807) is 6.07 Å². The van der Waals surface area contributed by atoms with Gasteiger partial charge in [-0.15, -0.1) is 16.8 Å². The van der Waals surface area contributed by atoms with Gasteiger partial charge >= 0.3 is 5.97 Å². The molecule has 1 N–H and O–H groups in total. The first-order valence-electron chi connectivity index (χ1n) is 4.98. The fourth-order valence-corrected chi connectivity index (χ4v) is 2.00. The Morgan fingerprint density at radius 2 is 2.53 bits per heavy atom. The summed E-state index contributed by atoms with van der Waals surface area (Å²) >= 11 is 1.36. The molecular formula is C10H13NO3S. The molecule has 0 amide bonds. The highest BCUT2D eigenvalue weighted by Gasteiger charge is 2.16. The molecule has 0 radical (unpaired) electrons. The first kappa shape index (κ1) is 10.6. The second-order valence-corrected chi connectivity index (χ2v) is 4.29. The third-order valence-electron chi connectivity index (χ3n) is 2.19. The number of hydroxylamine groups is 1. The summed E-state index contributed by atoms with van der Waals surface area (Å²) < 4.78 is 5.36. The lowest BCUT2D eigenvalue weighted by atomic mass is 10.2. The molecule has 1 atom stereocenters. The van der Waals surface area contributed by atoms with Crippen LogP contribution in [-0.2, 0) is 9.57 Å². The molecule has 0 saturated carbocycles. The van der Waals surface area contributed by atoms with E-state index in [0.29, 0.717) is 4.88 Å². The number of hydrogen-bond donors (Lipinski definition) is 1. The minimum Gasteiger partial charge on any atom is -0.364 e. The van der Waals surface area contributed by atoms with E-state index in [4.69, 9.17) is 9.57 Å². The van der Waals surface area contributed by atoms with Crippen molar-refractivity contribution in [1.82, 2.24) is 5.48 Å². The first-order valence-corrected chi connectivity index (χ1v) is 5.86. The predicted octanol–water partition coefficient (Wildman–Crippen LogP) is 1.94. The molecule has 1 fully saturated rings. The summed E-state index contributed by atoms with van der Waals surface area (Å²) in [6.45, 7) is 0.730. The van der Waals surface area contributed by atoms with Crippen LogP contribution in [0.5, 0.6) is 0 Å². The molecule has 2 heterocycles. The fraction of sp³-hybridized carbons (Fsp3) is 0.500. The van der Waals surface area contributed by atoms with E-state index >= 15 is 0 Å². The van der Waals surface area contributed by atoms with Gasteiger partial charge in [-0.3, -0.25) is 0 Å². The Morgan fingerprint density at radius 3 is 3.20 bits per heavy atom. The van der Waals surface area contributed by atoms with Gasteiger partial charge in [0.05, 0.1) is 0 Å². The highest BCUT2D eigenvalue weighted by molar-refractivity contribution is 7.11. The van der Waals surface area contributed by atoms with Gasteiger partial charge < -0.3 is 9.57 Å². The molecule has 1 aliphatic heterocycles. The fourth-order valence-electron chi connectivity index (χ4n) is 1.40. The van der Waals surface area contributed by atoms with Gasteiger partial charge in [0.15, 0.2) is 0 Å². The molecule has 4 nitrogen and oxygen atoms in total. The summed E-state index contributed by atoms with van der Waals surface area (Å²) in [5.41, 5.74) is 2.64. The lowest BCUT2D eigenvalue weighted by Gasteiger charge is -2.22. The Morgan fingerprint density at radius 1 is 1.60 bits per heavy atom. The lowest BCUT2D eigenvalue weighted by molar-refractivity contribution is -0.0854. The van der Waals surface area contributed by atoms with E-state index in [1.807, 2.05) is 11.4 Å². The number of carbonyl (C=O) groups is 1. The van der Waals surface area contributed by atoms with Crippen molar-refractivity contribution in [3.8, 4) is 0 Å². The smallest absolute Gasteiger partial charge is 0.364 e. The highest BCUT2D eigenvalue weighted by atomic mass is 32.1. The summed E-state index contributed by atoms with van der Waals surface area (Å²) in [5, 5.41) is 1.84. The van der Waals surface area contributed by atoms with Gasteiger partial charge in [0, 0.05) is 6.61 Å². The van der Waals surface area contributed by atoms with Crippen LogP contribution in [0.25, 0.3) is 0 Å². The van der Waals surface area contributed by atoms with Gasteiger partial charge in [-0.1, -0.05) is 6.07 Å². The zero-order chi connectivity index (χ0) is 10.5. The number of nitrogens with one attached hydrogen (secondary N) is 1. The van der Waals surface area contributed by atoms with Crippen LogP contribution in [0.15, 0.2) is 17.5 Å². The molecule has 5 heteroatoms. The van der Waals surface area contributed by atoms with Crippen LogP contribution in [0.2, 0.25) is 0 Å². The van der Waals surface area contributed by atoms with Crippen LogP contribution in [0, 0.1) is 0 Å². The Bertz CT molecular complexity index is 306. The van der Waals surface area contributed by atoms with Gasteiger partial charge in [0.1, 0.15) is 11.1 Å². The van der Waals surface area contributed by atoms with E-state index < -0.39 is 0 Å². The Balaban J connectivity index is 1.75. The van der Waals surface area contributed by atoms with Crippen LogP contribution in [0.1, 0.15) is 28.9 Å². The molecule has 2 rings (SSSR count). The van der Waals surface area contributed by atoms with Gasteiger partial charge in [0.25, 0.3) is 0 Å². The van der Waals surface area contributed by atoms with Crippen molar-refractivity contribution < 1.29 is 14.4 Å². The van der Waals surface area contributed by atoms with Crippen molar-refractivity contribution in [1.29, 1.82) is 0 Å². The second kappa shape index (κ2) is 5.25. The highest BCUT2D eigenvalue weighted by Crippen LogP contribution is 2.12. The summed E-state index contributed by atoms with van der Waals surface area (Å²) in [7, 11) is 0. The SMILES string of the molecule is O=C(ONC1CCCCO1)c1cccs1. The van der Waals surface area contributed by atoms with E-state index in [0.717, 1.165) is 25.9 Å². The molecule has 15 heavy (non-hydrogen) atoms. The zero-order valence-electron chi connectivity index (χ0n) is 8.27. The molecule has 0 spiro atoms. The molecule has 1 saturated heterocycles. The van der Waals surface area contributed by atoms with Crippen molar-refractivity contribution in [3.05, 3.63) is 22.4 Å². The number of rotatable bonds is 3. The van der Waals surface area contributed by atoms with Crippen LogP contribution in [0.4, 0.5) is 0 Å². The molecule has 1 aliphatic rings. The van der Waals surface area contributed by atoms with Crippen LogP contribution in [0.3, 0.4) is 0 Å². The monoisotopic (exact) mass is 227 g/mol. The maximum absolute atomic E-state index is 11.4. The normalized spacial score (nSPS) is 21.2. The molecule has 0 bridgehead atoms. The maximum atomic E-state index is 11.4. The van der Waals surface area contributed by atoms with E-state index in [-0.39, 0.29) is 12.2 Å². The number of carbonyl (C=O) groups excluding carboxylic acids is 1. The third-order valence-corrected chi connectivity index (χ3v) is 3.04. The van der Waals surface area contributed by atoms with Crippen molar-refractivity contribution in [2.45, 2.75) is 25.5 Å². The lowest BCUT2D eigenvalue weighted by Crippen LogP contribution is -2.36. The Kier molecular flexibility index (Phi) is 3.71. The summed E-state index contributed by atoms with van der Waals surface area (Å²) in [6, 6.07) is 3.55. The zero-order valence-corrected chi connectivity index (χ0v) is 9.09. The van der Waals surface area contributed by atoms with Gasteiger partial charge in [-0.25, -0.2) is 4.79 Å². The van der Waals surface area contributed by atoms with E-state index in [1.165, 1.54) is 11.3 Å². The summed E-state index contributed by atoms with van der Waals surface area (Å²) in [6.07, 6.45) is 2.92. The molecule has 0 aliphatic carbocycles. The Hall–Kier alpha value is -0.910. The number of ether oxygens (including phenoxy) is 1. The van der Waals surface area contributed by atoms with Gasteiger partial charge in [-0.2, -0.15) is 0 Å². The third kappa shape index (κ3) is 3.02. The largest absolute Gasteiger partial charge is 0.367 e. The quantitative estimate of drug-likeness (QED) is 0.802. The van der Waals surface area contributed by atoms with Crippen molar-refractivity contribution >= 4 is 17.3 Å². The average Bonchev–Trinajstić information content (AvgIpc) is 2.81. The van der Waals surface area contributed by atoms with Gasteiger partial charge in [0.2, 0.25) is 0 Å². The topological polar surface area (TPSA) is 47.6 Å². The Labute approximate surface area is 92.1 Å². The average molecular weight is 227 g/mol. The standard InChI is InChI=1S/C10H13NO3S/c12-10(8-4-3-7-15-8)14-11-9-5-1-2-6-13-9/h3-4,7,9,11H,1-2,5-6H2. The van der Waals surface area contributed by atoms with Crippen LogP contribution < -0.4 is 5.48 Å². The summed E-state index contributed by atoms with van der Waals surface area (Å²) in [4.78, 5) is 16.9. The summed E-state index contributed by atoms with van der Waals surface area (Å²) in [5.74, 6) is -0.348. The van der Waals surface area contributed by atoms with Gasteiger partial charge in [-0.05, 0) is 30.7 Å². The number of hydrogen-bond acceptors (Lipinski definition) is 5. The van der Waals surface area contributed by atoms with E-state index in [2.05, 4.69) is 5.48 Å². The molecule has 1 unspecified atom stereocenters. The molecule has 1 aromatic heterocycles. The van der Waals surface area contributed by atoms with Crippen molar-refractivity contribution in [3.63, 3.8) is 0 Å². The molecule has 1 aromatic rings. The predicted molar refractivity (Wildman–Crippen MR) is 56.5 cm³/mol.